The molecule has 2 nitrogen and oxygen atoms in total. The number of rotatable bonds is 6. The average molecular weight is 231 g/mol. The molecule has 0 aliphatic heterocycles. The van der Waals surface area contributed by atoms with Crippen LogP contribution in [0.1, 0.15) is 46.5 Å². The van der Waals surface area contributed by atoms with Crippen LogP contribution >= 0.6 is 11.8 Å². The predicted molar refractivity (Wildman–Crippen MR) is 68.5 cm³/mol. The van der Waals surface area contributed by atoms with Gasteiger partial charge in [0.2, 0.25) is 0 Å². The Balaban J connectivity index is 2.31. The van der Waals surface area contributed by atoms with Gasteiger partial charge in [-0.15, -0.1) is 0 Å². The standard InChI is InChI=1S/C12H25NOS/c1-4-12(3,14)9-13-10-7-6-8-11(10)15-5-2/h10-11,13-14H,4-9H2,1-3H3. The van der Waals surface area contributed by atoms with Crippen LogP contribution in [0.3, 0.4) is 0 Å². The van der Waals surface area contributed by atoms with Crippen molar-refractivity contribution in [1.29, 1.82) is 0 Å². The highest BCUT2D eigenvalue weighted by molar-refractivity contribution is 7.99. The lowest BCUT2D eigenvalue weighted by Gasteiger charge is -2.27. The molecule has 0 aromatic rings. The monoisotopic (exact) mass is 231 g/mol. The van der Waals surface area contributed by atoms with Crippen LogP contribution in [-0.2, 0) is 0 Å². The fourth-order valence-electron chi connectivity index (χ4n) is 2.05. The molecule has 1 aliphatic carbocycles. The summed E-state index contributed by atoms with van der Waals surface area (Å²) >= 11 is 2.06. The van der Waals surface area contributed by atoms with Crippen molar-refractivity contribution < 1.29 is 5.11 Å². The molecule has 2 N–H and O–H groups in total. The molecule has 15 heavy (non-hydrogen) atoms. The molecular weight excluding hydrogens is 206 g/mol. The molecule has 90 valence electrons. The number of thioether (sulfide) groups is 1. The van der Waals surface area contributed by atoms with E-state index in [2.05, 4.69) is 24.0 Å². The first-order valence-corrected chi connectivity index (χ1v) is 7.21. The van der Waals surface area contributed by atoms with Crippen LogP contribution < -0.4 is 5.32 Å². The van der Waals surface area contributed by atoms with Crippen molar-refractivity contribution in [3.05, 3.63) is 0 Å². The van der Waals surface area contributed by atoms with Crippen molar-refractivity contribution in [3.8, 4) is 0 Å². The summed E-state index contributed by atoms with van der Waals surface area (Å²) in [6, 6.07) is 0.618. The van der Waals surface area contributed by atoms with E-state index in [4.69, 9.17) is 0 Å². The Morgan fingerprint density at radius 2 is 2.13 bits per heavy atom. The second kappa shape index (κ2) is 6.12. The first kappa shape index (κ1) is 13.3. The van der Waals surface area contributed by atoms with E-state index in [1.165, 1.54) is 25.0 Å². The minimum absolute atomic E-state index is 0.538. The molecular formula is C12H25NOS. The van der Waals surface area contributed by atoms with Gasteiger partial charge in [0.05, 0.1) is 5.60 Å². The number of hydrogen-bond acceptors (Lipinski definition) is 3. The Labute approximate surface area is 98.2 Å². The van der Waals surface area contributed by atoms with E-state index >= 15 is 0 Å². The molecule has 0 heterocycles. The summed E-state index contributed by atoms with van der Waals surface area (Å²) in [5.41, 5.74) is -0.538. The van der Waals surface area contributed by atoms with Gasteiger partial charge >= 0.3 is 0 Å². The van der Waals surface area contributed by atoms with Gasteiger partial charge in [-0.2, -0.15) is 11.8 Å². The number of nitrogens with one attached hydrogen (secondary N) is 1. The van der Waals surface area contributed by atoms with Crippen LogP contribution in [0.5, 0.6) is 0 Å². The summed E-state index contributed by atoms with van der Waals surface area (Å²) in [6.45, 7) is 6.91. The summed E-state index contributed by atoms with van der Waals surface area (Å²) in [5.74, 6) is 1.20. The van der Waals surface area contributed by atoms with Crippen LogP contribution in [0, 0.1) is 0 Å². The summed E-state index contributed by atoms with van der Waals surface area (Å²) in [5, 5.41) is 14.2. The fourth-order valence-corrected chi connectivity index (χ4v) is 3.28. The molecule has 1 rings (SSSR count). The Morgan fingerprint density at radius 1 is 1.40 bits per heavy atom. The van der Waals surface area contributed by atoms with Gasteiger partial charge in [0, 0.05) is 17.8 Å². The normalized spacial score (nSPS) is 30.4. The van der Waals surface area contributed by atoms with E-state index in [0.717, 1.165) is 18.2 Å². The summed E-state index contributed by atoms with van der Waals surface area (Å²) in [4.78, 5) is 0. The van der Waals surface area contributed by atoms with Gasteiger partial charge in [0.15, 0.2) is 0 Å². The highest BCUT2D eigenvalue weighted by Gasteiger charge is 2.28. The number of aliphatic hydroxyl groups is 1. The van der Waals surface area contributed by atoms with Crippen molar-refractivity contribution in [2.45, 2.75) is 63.3 Å². The third-order valence-corrected chi connectivity index (χ3v) is 4.67. The molecule has 0 bridgehead atoms. The Kier molecular flexibility index (Phi) is 5.44. The zero-order chi connectivity index (χ0) is 11.3. The fraction of sp³-hybridized carbons (Fsp3) is 1.00. The first-order chi connectivity index (χ1) is 7.09. The number of hydrogen-bond donors (Lipinski definition) is 2. The highest BCUT2D eigenvalue weighted by Crippen LogP contribution is 2.30. The maximum Gasteiger partial charge on any atom is 0.0741 e. The lowest BCUT2D eigenvalue weighted by molar-refractivity contribution is 0.0532. The Morgan fingerprint density at radius 3 is 2.73 bits per heavy atom. The van der Waals surface area contributed by atoms with Crippen LogP contribution in [0.15, 0.2) is 0 Å². The topological polar surface area (TPSA) is 32.3 Å². The SMILES string of the molecule is CCSC1CCCC1NCC(C)(O)CC. The Hall–Kier alpha value is 0.270. The van der Waals surface area contributed by atoms with Gasteiger partial charge in [-0.1, -0.05) is 20.3 Å². The average Bonchev–Trinajstić information content (AvgIpc) is 2.64. The van der Waals surface area contributed by atoms with E-state index in [9.17, 15) is 5.11 Å². The van der Waals surface area contributed by atoms with Crippen molar-refractivity contribution in [2.75, 3.05) is 12.3 Å². The summed E-state index contributed by atoms with van der Waals surface area (Å²) < 4.78 is 0. The van der Waals surface area contributed by atoms with E-state index in [0.29, 0.717) is 6.04 Å². The maximum absolute atomic E-state index is 9.93. The second-order valence-corrected chi connectivity index (χ2v) is 6.28. The van der Waals surface area contributed by atoms with Crippen molar-refractivity contribution in [1.82, 2.24) is 5.32 Å². The van der Waals surface area contributed by atoms with Gasteiger partial charge in [0.25, 0.3) is 0 Å². The molecule has 0 spiro atoms. The minimum Gasteiger partial charge on any atom is -0.389 e. The van der Waals surface area contributed by atoms with Crippen molar-refractivity contribution >= 4 is 11.8 Å². The quantitative estimate of drug-likeness (QED) is 0.736. The third kappa shape index (κ3) is 4.33. The molecule has 0 saturated heterocycles. The molecule has 1 fully saturated rings. The molecule has 0 amide bonds. The van der Waals surface area contributed by atoms with Gasteiger partial charge < -0.3 is 10.4 Å². The van der Waals surface area contributed by atoms with Gasteiger partial charge in [-0.3, -0.25) is 0 Å². The smallest absolute Gasteiger partial charge is 0.0741 e. The van der Waals surface area contributed by atoms with E-state index in [1.54, 1.807) is 0 Å². The van der Waals surface area contributed by atoms with E-state index in [1.807, 2.05) is 13.8 Å². The van der Waals surface area contributed by atoms with Crippen molar-refractivity contribution in [2.24, 2.45) is 0 Å². The van der Waals surface area contributed by atoms with Gasteiger partial charge in [0.1, 0.15) is 0 Å². The zero-order valence-corrected chi connectivity index (χ0v) is 11.1. The molecule has 0 aromatic carbocycles. The summed E-state index contributed by atoms with van der Waals surface area (Å²) in [6.07, 6.45) is 4.77. The highest BCUT2D eigenvalue weighted by atomic mass is 32.2. The van der Waals surface area contributed by atoms with Gasteiger partial charge in [-0.25, -0.2) is 0 Å². The van der Waals surface area contributed by atoms with E-state index < -0.39 is 5.60 Å². The molecule has 0 radical (unpaired) electrons. The Bertz CT molecular complexity index is 184. The minimum atomic E-state index is -0.538. The molecule has 1 aliphatic rings. The largest absolute Gasteiger partial charge is 0.389 e. The molecule has 1 saturated carbocycles. The van der Waals surface area contributed by atoms with Crippen molar-refractivity contribution in [3.63, 3.8) is 0 Å². The third-order valence-electron chi connectivity index (χ3n) is 3.34. The lowest BCUT2D eigenvalue weighted by Crippen LogP contribution is -2.44. The summed E-state index contributed by atoms with van der Waals surface area (Å²) in [7, 11) is 0. The van der Waals surface area contributed by atoms with Crippen LogP contribution in [0.25, 0.3) is 0 Å². The van der Waals surface area contributed by atoms with Crippen LogP contribution in [0.2, 0.25) is 0 Å². The molecule has 3 unspecified atom stereocenters. The first-order valence-electron chi connectivity index (χ1n) is 6.16. The van der Waals surface area contributed by atoms with E-state index in [-0.39, 0.29) is 0 Å². The second-order valence-electron chi connectivity index (χ2n) is 4.76. The molecule has 3 atom stereocenters. The molecule has 0 aromatic heterocycles. The maximum atomic E-state index is 9.93. The lowest BCUT2D eigenvalue weighted by atomic mass is 10.0. The van der Waals surface area contributed by atoms with Crippen LogP contribution in [-0.4, -0.2) is 34.3 Å². The molecule has 3 heteroatoms. The van der Waals surface area contributed by atoms with Gasteiger partial charge in [-0.05, 0) is 31.9 Å². The van der Waals surface area contributed by atoms with Crippen LogP contribution in [0.4, 0.5) is 0 Å². The zero-order valence-electron chi connectivity index (χ0n) is 10.3. The predicted octanol–water partition coefficient (Wildman–Crippen LogP) is 2.41.